The van der Waals surface area contributed by atoms with Crippen molar-refractivity contribution in [2.45, 2.75) is 32.7 Å². The molecule has 0 atom stereocenters. The zero-order valence-corrected chi connectivity index (χ0v) is 16.5. The highest BCUT2D eigenvalue weighted by Crippen LogP contribution is 2.33. The Morgan fingerprint density at radius 1 is 1.28 bits per heavy atom. The first-order valence-electron chi connectivity index (χ1n) is 9.59. The number of aryl methyl sites for hydroxylation is 2. The van der Waals surface area contributed by atoms with Crippen LogP contribution in [0, 0.1) is 6.92 Å². The van der Waals surface area contributed by atoms with Gasteiger partial charge in [-0.15, -0.1) is 0 Å². The number of furan rings is 1. The van der Waals surface area contributed by atoms with E-state index in [-0.39, 0.29) is 6.42 Å². The summed E-state index contributed by atoms with van der Waals surface area (Å²) < 4.78 is 21.6. The summed E-state index contributed by atoms with van der Waals surface area (Å²) in [5.41, 5.74) is 1.94. The minimum atomic E-state index is -0.510. The Hall–Kier alpha value is -3.06. The highest BCUT2D eigenvalue weighted by atomic mass is 16.5. The summed E-state index contributed by atoms with van der Waals surface area (Å²) in [6.45, 7) is 3.78. The van der Waals surface area contributed by atoms with E-state index in [1.165, 1.54) is 7.11 Å². The average Bonchev–Trinajstić information content (AvgIpc) is 3.24. The van der Waals surface area contributed by atoms with Crippen LogP contribution in [0.25, 0.3) is 11.0 Å². The molecule has 0 unspecified atom stereocenters. The lowest BCUT2D eigenvalue weighted by Crippen LogP contribution is -2.33. The third kappa shape index (κ3) is 3.91. The van der Waals surface area contributed by atoms with Gasteiger partial charge in [-0.25, -0.2) is 4.79 Å². The van der Waals surface area contributed by atoms with E-state index >= 15 is 0 Å². The summed E-state index contributed by atoms with van der Waals surface area (Å²) >= 11 is 0. The zero-order chi connectivity index (χ0) is 20.4. The van der Waals surface area contributed by atoms with Crippen LogP contribution in [0.5, 0.6) is 5.75 Å². The Morgan fingerprint density at radius 2 is 2.14 bits per heavy atom. The Kier molecular flexibility index (Phi) is 5.40. The van der Waals surface area contributed by atoms with Gasteiger partial charge in [-0.3, -0.25) is 9.69 Å². The summed E-state index contributed by atoms with van der Waals surface area (Å²) in [5.74, 6) is 1.22. The van der Waals surface area contributed by atoms with Gasteiger partial charge in [0.2, 0.25) is 0 Å². The number of fused-ring (bicyclic) bond motifs is 3. The first-order valence-corrected chi connectivity index (χ1v) is 9.59. The van der Waals surface area contributed by atoms with Gasteiger partial charge in [0.25, 0.3) is 0 Å². The van der Waals surface area contributed by atoms with Gasteiger partial charge in [0, 0.05) is 24.9 Å². The molecule has 3 heterocycles. The van der Waals surface area contributed by atoms with Gasteiger partial charge in [0.1, 0.15) is 23.8 Å². The number of methoxy groups -OCH3 is 1. The molecule has 2 aromatic heterocycles. The van der Waals surface area contributed by atoms with E-state index in [4.69, 9.17) is 18.3 Å². The molecule has 0 bridgehead atoms. The molecule has 152 valence electrons. The van der Waals surface area contributed by atoms with Crippen molar-refractivity contribution in [2.24, 2.45) is 0 Å². The molecule has 0 amide bonds. The van der Waals surface area contributed by atoms with Gasteiger partial charge in [0.05, 0.1) is 30.9 Å². The minimum Gasteiger partial charge on any atom is -0.478 e. The zero-order valence-electron chi connectivity index (χ0n) is 16.5. The van der Waals surface area contributed by atoms with E-state index in [2.05, 4.69) is 4.90 Å². The molecule has 3 aromatic rings. The van der Waals surface area contributed by atoms with Crippen molar-refractivity contribution in [2.75, 3.05) is 20.4 Å². The number of nitrogens with zero attached hydrogens (tertiary/aromatic N) is 1. The van der Waals surface area contributed by atoms with Crippen LogP contribution in [0.15, 0.2) is 44.2 Å². The predicted octanol–water partition coefficient (Wildman–Crippen LogP) is 3.19. The van der Waals surface area contributed by atoms with Crippen molar-refractivity contribution in [1.82, 2.24) is 4.90 Å². The summed E-state index contributed by atoms with van der Waals surface area (Å²) in [6, 6.07) is 7.63. The van der Waals surface area contributed by atoms with Gasteiger partial charge in [0.15, 0.2) is 0 Å². The summed E-state index contributed by atoms with van der Waals surface area (Å²) in [6.07, 6.45) is 3.37. The molecular weight excluding hydrogens is 374 g/mol. The van der Waals surface area contributed by atoms with Crippen molar-refractivity contribution in [3.8, 4) is 5.75 Å². The molecule has 0 saturated heterocycles. The van der Waals surface area contributed by atoms with Crippen LogP contribution in [0.3, 0.4) is 0 Å². The molecule has 7 nitrogen and oxygen atoms in total. The second kappa shape index (κ2) is 8.13. The van der Waals surface area contributed by atoms with Crippen molar-refractivity contribution in [3.63, 3.8) is 0 Å². The fourth-order valence-corrected chi connectivity index (χ4v) is 3.70. The molecule has 0 spiro atoms. The first-order chi connectivity index (χ1) is 14.1. The number of rotatable bonds is 6. The van der Waals surface area contributed by atoms with E-state index in [0.29, 0.717) is 24.4 Å². The van der Waals surface area contributed by atoms with Gasteiger partial charge in [-0.05, 0) is 43.2 Å². The molecule has 1 aliphatic heterocycles. The van der Waals surface area contributed by atoms with Crippen LogP contribution >= 0.6 is 0 Å². The van der Waals surface area contributed by atoms with Crippen molar-refractivity contribution < 1.29 is 23.1 Å². The number of carbonyl (C=O) groups excluding carboxylic acids is 1. The summed E-state index contributed by atoms with van der Waals surface area (Å²) in [7, 11) is 1.30. The molecule has 1 aliphatic rings. The van der Waals surface area contributed by atoms with Crippen LogP contribution in [-0.4, -0.2) is 31.3 Å². The van der Waals surface area contributed by atoms with Crippen molar-refractivity contribution in [1.29, 1.82) is 0 Å². The van der Waals surface area contributed by atoms with Crippen LogP contribution in [-0.2, 0) is 28.9 Å². The topological polar surface area (TPSA) is 82.1 Å². The fourth-order valence-electron chi connectivity index (χ4n) is 3.70. The second-order valence-electron chi connectivity index (χ2n) is 7.17. The van der Waals surface area contributed by atoms with E-state index in [1.807, 2.05) is 31.2 Å². The highest BCUT2D eigenvalue weighted by molar-refractivity contribution is 5.87. The minimum absolute atomic E-state index is 0.104. The lowest BCUT2D eigenvalue weighted by Gasteiger charge is -2.29. The molecule has 29 heavy (non-hydrogen) atoms. The van der Waals surface area contributed by atoms with Crippen molar-refractivity contribution in [3.05, 3.63) is 63.4 Å². The smallest absolute Gasteiger partial charge is 0.340 e. The van der Waals surface area contributed by atoms with Gasteiger partial charge >= 0.3 is 11.6 Å². The molecule has 0 radical (unpaired) electrons. The Balaban J connectivity index is 1.59. The van der Waals surface area contributed by atoms with Crippen LogP contribution in [0.2, 0.25) is 0 Å². The lowest BCUT2D eigenvalue weighted by atomic mass is 10.0. The Morgan fingerprint density at radius 3 is 2.90 bits per heavy atom. The normalized spacial score (nSPS) is 13.9. The summed E-state index contributed by atoms with van der Waals surface area (Å²) in [4.78, 5) is 26.4. The molecule has 0 saturated carbocycles. The van der Waals surface area contributed by atoms with Crippen LogP contribution in [0.4, 0.5) is 0 Å². The number of benzene rings is 1. The molecule has 0 aliphatic carbocycles. The quantitative estimate of drug-likeness (QED) is 0.467. The van der Waals surface area contributed by atoms with Gasteiger partial charge < -0.3 is 18.3 Å². The number of hydrogen-bond donors (Lipinski definition) is 0. The monoisotopic (exact) mass is 397 g/mol. The SMILES string of the molecule is COC(=O)Cc1c(C)c2ccc3c(c2oc1=O)CN(CCCc1ccco1)CO3. The third-order valence-electron chi connectivity index (χ3n) is 5.33. The largest absolute Gasteiger partial charge is 0.478 e. The molecular formula is C22H23NO6. The maximum Gasteiger partial charge on any atom is 0.340 e. The second-order valence-corrected chi connectivity index (χ2v) is 7.17. The van der Waals surface area contributed by atoms with Crippen molar-refractivity contribution >= 4 is 16.9 Å². The maximum absolute atomic E-state index is 12.5. The average molecular weight is 397 g/mol. The Labute approximate surface area is 167 Å². The van der Waals surface area contributed by atoms with Crippen LogP contribution in [0.1, 0.15) is 28.9 Å². The van der Waals surface area contributed by atoms with E-state index in [0.717, 1.165) is 47.4 Å². The van der Waals surface area contributed by atoms with E-state index in [1.54, 1.807) is 6.26 Å². The molecule has 1 aromatic carbocycles. The van der Waals surface area contributed by atoms with Gasteiger partial charge in [-0.1, -0.05) is 0 Å². The number of hydrogen-bond acceptors (Lipinski definition) is 7. The number of ether oxygens (including phenoxy) is 2. The highest BCUT2D eigenvalue weighted by Gasteiger charge is 2.24. The number of esters is 1. The standard InChI is InChI=1S/C22H23NO6/c1-14-16-7-8-19-18(21(16)29-22(25)17(14)11-20(24)26-2)12-23(13-28-19)9-3-5-15-6-4-10-27-15/h4,6-8,10H,3,5,9,11-13H2,1-2H3. The lowest BCUT2D eigenvalue weighted by molar-refractivity contribution is -0.139. The maximum atomic E-state index is 12.5. The third-order valence-corrected chi connectivity index (χ3v) is 5.33. The first kappa shape index (κ1) is 19.3. The summed E-state index contributed by atoms with van der Waals surface area (Å²) in [5, 5.41) is 0.809. The van der Waals surface area contributed by atoms with Gasteiger partial charge in [-0.2, -0.15) is 0 Å². The fraction of sp³-hybridized carbons (Fsp3) is 0.364. The van der Waals surface area contributed by atoms with E-state index < -0.39 is 11.6 Å². The number of carbonyl (C=O) groups is 1. The van der Waals surface area contributed by atoms with E-state index in [9.17, 15) is 9.59 Å². The molecule has 4 rings (SSSR count). The molecule has 0 fully saturated rings. The van der Waals surface area contributed by atoms with Crippen LogP contribution < -0.4 is 10.4 Å². The predicted molar refractivity (Wildman–Crippen MR) is 106 cm³/mol. The molecule has 0 N–H and O–H groups in total. The Bertz CT molecular complexity index is 1080. The molecule has 7 heteroatoms.